The highest BCUT2D eigenvalue weighted by molar-refractivity contribution is 5.37. The number of hydrogen-bond donors (Lipinski definition) is 1. The molecule has 0 aliphatic carbocycles. The van der Waals surface area contributed by atoms with Gasteiger partial charge in [-0.15, -0.1) is 0 Å². The topological polar surface area (TPSA) is 15.3 Å². The lowest BCUT2D eigenvalue weighted by molar-refractivity contribution is -0.138. The third-order valence-electron chi connectivity index (χ3n) is 4.80. The molecule has 2 aromatic rings. The van der Waals surface area contributed by atoms with Gasteiger partial charge in [-0.2, -0.15) is 26.3 Å². The molecule has 1 aliphatic heterocycles. The summed E-state index contributed by atoms with van der Waals surface area (Å²) in [5.74, 6) is 0. The summed E-state index contributed by atoms with van der Waals surface area (Å²) in [7, 11) is 0. The molecule has 1 fully saturated rings. The van der Waals surface area contributed by atoms with E-state index in [1.54, 1.807) is 12.1 Å². The van der Waals surface area contributed by atoms with Crippen LogP contribution < -0.4 is 5.32 Å². The van der Waals surface area contributed by atoms with Crippen molar-refractivity contribution < 1.29 is 26.3 Å². The summed E-state index contributed by atoms with van der Waals surface area (Å²) in [6.07, 6.45) is -8.28. The van der Waals surface area contributed by atoms with Gasteiger partial charge in [0.1, 0.15) is 0 Å². The number of rotatable bonds is 3. The molecular formula is C20H20F6N2. The van der Waals surface area contributed by atoms with Gasteiger partial charge in [0.25, 0.3) is 0 Å². The van der Waals surface area contributed by atoms with Gasteiger partial charge < -0.3 is 5.32 Å². The number of hydrogen-bond acceptors (Lipinski definition) is 2. The first-order chi connectivity index (χ1) is 13.2. The first kappa shape index (κ1) is 20.7. The Balaban J connectivity index is 2.08. The summed E-state index contributed by atoms with van der Waals surface area (Å²) in [5, 5.41) is 3.20. The summed E-state index contributed by atoms with van der Waals surface area (Å²) in [4.78, 5) is 1.94. The number of halogens is 6. The van der Waals surface area contributed by atoms with Crippen LogP contribution in [0.2, 0.25) is 0 Å². The van der Waals surface area contributed by atoms with Gasteiger partial charge in [-0.3, -0.25) is 4.90 Å². The molecular weight excluding hydrogens is 382 g/mol. The van der Waals surface area contributed by atoms with E-state index < -0.39 is 29.5 Å². The minimum atomic E-state index is -4.52. The van der Waals surface area contributed by atoms with E-state index in [4.69, 9.17) is 0 Å². The van der Waals surface area contributed by atoms with Crippen LogP contribution in [-0.4, -0.2) is 31.1 Å². The normalized spacial score (nSPS) is 17.0. The molecule has 0 radical (unpaired) electrons. The van der Waals surface area contributed by atoms with E-state index in [0.717, 1.165) is 37.2 Å². The lowest BCUT2D eigenvalue weighted by atomic mass is 9.94. The molecule has 3 rings (SSSR count). The van der Waals surface area contributed by atoms with E-state index in [-0.39, 0.29) is 0 Å². The van der Waals surface area contributed by atoms with Crippen molar-refractivity contribution in [1.29, 1.82) is 0 Å². The van der Waals surface area contributed by atoms with Crippen LogP contribution in [0.25, 0.3) is 0 Å². The van der Waals surface area contributed by atoms with Gasteiger partial charge in [0.2, 0.25) is 0 Å². The SMILES string of the molecule is FC(F)(F)c1cccc(C(c2cccc(C(F)(F)F)c2)N2CCCNCC2)c1. The first-order valence-corrected chi connectivity index (χ1v) is 8.95. The first-order valence-electron chi connectivity index (χ1n) is 8.95. The molecule has 28 heavy (non-hydrogen) atoms. The molecule has 8 heteroatoms. The standard InChI is InChI=1S/C20H20F6N2/c21-19(22,23)16-6-1-4-14(12-16)18(28-10-3-8-27-9-11-28)15-5-2-7-17(13-15)20(24,25)26/h1-2,4-7,12-13,18,27H,3,8-11H2. The molecule has 1 aliphatic rings. The second kappa shape index (κ2) is 8.13. The average molecular weight is 402 g/mol. The van der Waals surface area contributed by atoms with Crippen LogP contribution in [-0.2, 0) is 12.4 Å². The summed E-state index contributed by atoms with van der Waals surface area (Å²) in [6.45, 7) is 2.48. The number of benzene rings is 2. The third-order valence-corrected chi connectivity index (χ3v) is 4.80. The molecule has 2 aromatic carbocycles. The Morgan fingerprint density at radius 1 is 0.750 bits per heavy atom. The minimum absolute atomic E-state index is 0.330. The summed E-state index contributed by atoms with van der Waals surface area (Å²) < 4.78 is 79.1. The smallest absolute Gasteiger partial charge is 0.315 e. The number of alkyl halides is 6. The van der Waals surface area contributed by atoms with Crippen molar-refractivity contribution in [2.24, 2.45) is 0 Å². The summed E-state index contributed by atoms with van der Waals surface area (Å²) >= 11 is 0. The van der Waals surface area contributed by atoms with Crippen LogP contribution in [0.1, 0.15) is 34.7 Å². The molecule has 1 N–H and O–H groups in total. The van der Waals surface area contributed by atoms with Gasteiger partial charge in [0, 0.05) is 19.6 Å². The number of nitrogens with one attached hydrogen (secondary N) is 1. The molecule has 1 heterocycles. The Morgan fingerprint density at radius 2 is 1.29 bits per heavy atom. The fourth-order valence-electron chi connectivity index (χ4n) is 3.51. The molecule has 152 valence electrons. The quantitative estimate of drug-likeness (QED) is 0.718. The van der Waals surface area contributed by atoms with Crippen molar-refractivity contribution in [1.82, 2.24) is 10.2 Å². The van der Waals surface area contributed by atoms with Crippen LogP contribution in [0.5, 0.6) is 0 Å². The predicted molar refractivity (Wildman–Crippen MR) is 93.8 cm³/mol. The van der Waals surface area contributed by atoms with E-state index in [1.807, 2.05) is 4.90 Å². The molecule has 0 amide bonds. The lowest BCUT2D eigenvalue weighted by Crippen LogP contribution is -2.33. The van der Waals surface area contributed by atoms with Crippen molar-refractivity contribution in [3.05, 3.63) is 70.8 Å². The zero-order valence-corrected chi connectivity index (χ0v) is 14.9. The molecule has 1 saturated heterocycles. The number of nitrogens with zero attached hydrogens (tertiary/aromatic N) is 1. The maximum absolute atomic E-state index is 13.2. The van der Waals surface area contributed by atoms with Crippen molar-refractivity contribution in [3.8, 4) is 0 Å². The highest BCUT2D eigenvalue weighted by Gasteiger charge is 2.34. The average Bonchev–Trinajstić information content (AvgIpc) is 2.90. The Labute approximate surface area is 159 Å². The molecule has 0 aromatic heterocycles. The third kappa shape index (κ3) is 4.86. The van der Waals surface area contributed by atoms with E-state index in [9.17, 15) is 26.3 Å². The largest absolute Gasteiger partial charge is 0.416 e. The Bertz CT molecular complexity index is 734. The molecule has 0 unspecified atom stereocenters. The zero-order chi connectivity index (χ0) is 20.4. The highest BCUT2D eigenvalue weighted by Crippen LogP contribution is 2.37. The van der Waals surface area contributed by atoms with E-state index >= 15 is 0 Å². The Morgan fingerprint density at radius 3 is 1.79 bits per heavy atom. The van der Waals surface area contributed by atoms with Crippen molar-refractivity contribution in [2.45, 2.75) is 24.8 Å². The van der Waals surface area contributed by atoms with E-state index in [0.29, 0.717) is 30.8 Å². The summed E-state index contributed by atoms with van der Waals surface area (Å²) in [6, 6.07) is 8.99. The van der Waals surface area contributed by atoms with Crippen molar-refractivity contribution in [3.63, 3.8) is 0 Å². The van der Waals surface area contributed by atoms with Crippen LogP contribution in [0.3, 0.4) is 0 Å². The van der Waals surface area contributed by atoms with Crippen molar-refractivity contribution in [2.75, 3.05) is 26.2 Å². The van der Waals surface area contributed by atoms with E-state index in [2.05, 4.69) is 5.32 Å². The van der Waals surface area contributed by atoms with Crippen molar-refractivity contribution >= 4 is 0 Å². The maximum Gasteiger partial charge on any atom is 0.416 e. The van der Waals surface area contributed by atoms with Gasteiger partial charge >= 0.3 is 12.4 Å². The molecule has 0 atom stereocenters. The molecule has 0 saturated carbocycles. The minimum Gasteiger partial charge on any atom is -0.315 e. The van der Waals surface area contributed by atoms with Gasteiger partial charge in [-0.25, -0.2) is 0 Å². The second-order valence-corrected chi connectivity index (χ2v) is 6.79. The fourth-order valence-corrected chi connectivity index (χ4v) is 3.51. The molecule has 0 bridgehead atoms. The van der Waals surface area contributed by atoms with Gasteiger partial charge in [0.05, 0.1) is 17.2 Å². The second-order valence-electron chi connectivity index (χ2n) is 6.79. The fraction of sp³-hybridized carbons (Fsp3) is 0.400. The van der Waals surface area contributed by atoms with Crippen LogP contribution in [0.15, 0.2) is 48.5 Å². The zero-order valence-electron chi connectivity index (χ0n) is 14.9. The highest BCUT2D eigenvalue weighted by atomic mass is 19.4. The van der Waals surface area contributed by atoms with Gasteiger partial charge in [-0.05, 0) is 48.4 Å². The predicted octanol–water partition coefficient (Wildman–Crippen LogP) is 5.11. The van der Waals surface area contributed by atoms with Crippen LogP contribution in [0, 0.1) is 0 Å². The van der Waals surface area contributed by atoms with Crippen LogP contribution in [0.4, 0.5) is 26.3 Å². The lowest BCUT2D eigenvalue weighted by Gasteiger charge is -2.32. The van der Waals surface area contributed by atoms with Crippen LogP contribution >= 0.6 is 0 Å². The monoisotopic (exact) mass is 402 g/mol. The molecule has 0 spiro atoms. The Hall–Kier alpha value is -2.06. The Kier molecular flexibility index (Phi) is 6.00. The van der Waals surface area contributed by atoms with Gasteiger partial charge in [-0.1, -0.05) is 24.3 Å². The maximum atomic E-state index is 13.2. The van der Waals surface area contributed by atoms with Gasteiger partial charge in [0.15, 0.2) is 0 Å². The van der Waals surface area contributed by atoms with E-state index in [1.165, 1.54) is 12.1 Å². The summed E-state index contributed by atoms with van der Waals surface area (Å²) in [5.41, 5.74) is -0.961. The molecule has 2 nitrogen and oxygen atoms in total.